The molecule has 0 bridgehead atoms. The zero-order chi connectivity index (χ0) is 22.5. The molecule has 32 heavy (non-hydrogen) atoms. The lowest BCUT2D eigenvalue weighted by atomic mass is 10.1. The second kappa shape index (κ2) is 10.3. The van der Waals surface area contributed by atoms with Gasteiger partial charge in [-0.1, -0.05) is 53.5 Å². The molecule has 0 radical (unpaired) electrons. The number of benzene rings is 2. The van der Waals surface area contributed by atoms with Crippen LogP contribution >= 0.6 is 34.5 Å². The smallest absolute Gasteiger partial charge is 0.230 e. The molecule has 9 heteroatoms. The van der Waals surface area contributed by atoms with E-state index in [2.05, 4.69) is 15.2 Å². The molecule has 0 unspecified atom stereocenters. The predicted molar refractivity (Wildman–Crippen MR) is 130 cm³/mol. The molecule has 0 saturated carbocycles. The van der Waals surface area contributed by atoms with Crippen molar-refractivity contribution in [3.63, 3.8) is 0 Å². The van der Waals surface area contributed by atoms with Crippen LogP contribution in [0.3, 0.4) is 0 Å². The predicted octanol–water partition coefficient (Wildman–Crippen LogP) is 4.52. The Morgan fingerprint density at radius 1 is 0.969 bits per heavy atom. The number of piperazine rings is 1. The molecule has 4 rings (SSSR count). The molecule has 1 fully saturated rings. The SMILES string of the molecule is O=C(Cc1ccccc1)Nc1nc(CC(=O)N2CCN(c3ccc(Cl)c(Cl)c3)CC2)cs1. The van der Waals surface area contributed by atoms with Crippen LogP contribution in [0.25, 0.3) is 0 Å². The Morgan fingerprint density at radius 3 is 2.44 bits per heavy atom. The van der Waals surface area contributed by atoms with Crippen molar-refractivity contribution in [1.29, 1.82) is 0 Å². The topological polar surface area (TPSA) is 65.5 Å². The van der Waals surface area contributed by atoms with Gasteiger partial charge in [0.15, 0.2) is 5.13 Å². The number of hydrogen-bond donors (Lipinski definition) is 1. The first kappa shape index (κ1) is 22.6. The quantitative estimate of drug-likeness (QED) is 0.553. The minimum absolute atomic E-state index is 0.0336. The molecule has 1 N–H and O–H groups in total. The second-order valence-corrected chi connectivity index (χ2v) is 9.17. The number of amides is 2. The largest absolute Gasteiger partial charge is 0.368 e. The maximum atomic E-state index is 12.7. The third kappa shape index (κ3) is 5.79. The van der Waals surface area contributed by atoms with Gasteiger partial charge in [0, 0.05) is 37.2 Å². The zero-order valence-corrected chi connectivity index (χ0v) is 19.6. The molecule has 6 nitrogen and oxygen atoms in total. The van der Waals surface area contributed by atoms with Crippen LogP contribution in [-0.4, -0.2) is 47.9 Å². The Balaban J connectivity index is 1.26. The fraction of sp³-hybridized carbons (Fsp3) is 0.261. The standard InChI is InChI=1S/C23H22Cl2N4O2S/c24-19-7-6-18(14-20(19)25)28-8-10-29(11-9-28)22(31)13-17-15-32-23(26-17)27-21(30)12-16-4-2-1-3-5-16/h1-7,14-15H,8-13H2,(H,26,27,30). The molecule has 166 valence electrons. The van der Waals surface area contributed by atoms with E-state index in [0.29, 0.717) is 34.0 Å². The highest BCUT2D eigenvalue weighted by atomic mass is 35.5. The highest BCUT2D eigenvalue weighted by Gasteiger charge is 2.22. The summed E-state index contributed by atoms with van der Waals surface area (Å²) in [6, 6.07) is 15.1. The van der Waals surface area contributed by atoms with E-state index < -0.39 is 0 Å². The number of carbonyl (C=O) groups is 2. The number of halogens is 2. The number of rotatable bonds is 6. The summed E-state index contributed by atoms with van der Waals surface area (Å²) < 4.78 is 0. The Morgan fingerprint density at radius 2 is 1.72 bits per heavy atom. The van der Waals surface area contributed by atoms with Crippen molar-refractivity contribution in [3.05, 3.63) is 75.2 Å². The molecule has 2 heterocycles. The Kier molecular flexibility index (Phi) is 7.29. The van der Waals surface area contributed by atoms with Gasteiger partial charge in [0.2, 0.25) is 11.8 Å². The maximum absolute atomic E-state index is 12.7. The molecule has 1 aliphatic rings. The van der Waals surface area contributed by atoms with E-state index in [-0.39, 0.29) is 24.7 Å². The number of nitrogens with zero attached hydrogens (tertiary/aromatic N) is 3. The van der Waals surface area contributed by atoms with Gasteiger partial charge in [-0.05, 0) is 23.8 Å². The van der Waals surface area contributed by atoms with E-state index in [1.54, 1.807) is 6.07 Å². The summed E-state index contributed by atoms with van der Waals surface area (Å²) in [6.07, 6.45) is 0.510. The fourth-order valence-corrected chi connectivity index (χ4v) is 4.57. The summed E-state index contributed by atoms with van der Waals surface area (Å²) in [5, 5.41) is 6.20. The minimum Gasteiger partial charge on any atom is -0.368 e. The molecule has 0 aliphatic carbocycles. The lowest BCUT2D eigenvalue weighted by molar-refractivity contribution is -0.130. The average molecular weight is 489 g/mol. The third-order valence-electron chi connectivity index (χ3n) is 5.24. The van der Waals surface area contributed by atoms with Crippen molar-refractivity contribution in [2.75, 3.05) is 36.4 Å². The molecular formula is C23H22Cl2N4O2S. The van der Waals surface area contributed by atoms with E-state index in [4.69, 9.17) is 23.2 Å². The summed E-state index contributed by atoms with van der Waals surface area (Å²) in [5.74, 6) is -0.0897. The van der Waals surface area contributed by atoms with Gasteiger partial charge >= 0.3 is 0 Å². The van der Waals surface area contributed by atoms with E-state index in [0.717, 1.165) is 24.3 Å². The van der Waals surface area contributed by atoms with Crippen molar-refractivity contribution >= 4 is 57.2 Å². The summed E-state index contributed by atoms with van der Waals surface area (Å²) in [5.41, 5.74) is 2.61. The fourth-order valence-electron chi connectivity index (χ4n) is 3.55. The van der Waals surface area contributed by atoms with Crippen LogP contribution in [0.1, 0.15) is 11.3 Å². The van der Waals surface area contributed by atoms with Gasteiger partial charge in [0.05, 0.1) is 28.6 Å². The van der Waals surface area contributed by atoms with Crippen molar-refractivity contribution in [2.45, 2.75) is 12.8 Å². The first-order chi connectivity index (χ1) is 15.5. The van der Waals surface area contributed by atoms with E-state index >= 15 is 0 Å². The van der Waals surface area contributed by atoms with Crippen LogP contribution < -0.4 is 10.2 Å². The molecule has 1 saturated heterocycles. The van der Waals surface area contributed by atoms with Crippen LogP contribution in [0.2, 0.25) is 10.0 Å². The molecule has 0 spiro atoms. The van der Waals surface area contributed by atoms with Gasteiger partial charge in [0.1, 0.15) is 0 Å². The highest BCUT2D eigenvalue weighted by molar-refractivity contribution is 7.13. The number of nitrogens with one attached hydrogen (secondary N) is 1. The van der Waals surface area contributed by atoms with Gasteiger partial charge in [-0.15, -0.1) is 11.3 Å². The van der Waals surface area contributed by atoms with Gasteiger partial charge in [-0.2, -0.15) is 0 Å². The third-order valence-corrected chi connectivity index (χ3v) is 6.78. The van der Waals surface area contributed by atoms with Crippen LogP contribution in [0.5, 0.6) is 0 Å². The van der Waals surface area contributed by atoms with E-state index in [9.17, 15) is 9.59 Å². The lowest BCUT2D eigenvalue weighted by Gasteiger charge is -2.36. The van der Waals surface area contributed by atoms with E-state index in [1.807, 2.05) is 52.7 Å². The maximum Gasteiger partial charge on any atom is 0.230 e. The Hall–Kier alpha value is -2.61. The first-order valence-corrected chi connectivity index (χ1v) is 11.9. The number of aromatic nitrogens is 1. The van der Waals surface area contributed by atoms with Gasteiger partial charge < -0.3 is 15.1 Å². The van der Waals surface area contributed by atoms with Gasteiger partial charge in [-0.25, -0.2) is 4.98 Å². The zero-order valence-electron chi connectivity index (χ0n) is 17.3. The monoisotopic (exact) mass is 488 g/mol. The second-order valence-electron chi connectivity index (χ2n) is 7.50. The van der Waals surface area contributed by atoms with Crippen molar-refractivity contribution in [2.24, 2.45) is 0 Å². The molecule has 0 atom stereocenters. The number of hydrogen-bond acceptors (Lipinski definition) is 5. The van der Waals surface area contributed by atoms with Gasteiger partial charge in [0.25, 0.3) is 0 Å². The Labute approximate surface area is 200 Å². The van der Waals surface area contributed by atoms with Crippen LogP contribution in [-0.2, 0) is 22.4 Å². The number of thiazole rings is 1. The molecule has 2 amide bonds. The highest BCUT2D eigenvalue weighted by Crippen LogP contribution is 2.28. The van der Waals surface area contributed by atoms with Gasteiger partial charge in [-0.3, -0.25) is 9.59 Å². The van der Waals surface area contributed by atoms with Crippen molar-refractivity contribution in [3.8, 4) is 0 Å². The molecular weight excluding hydrogens is 467 g/mol. The van der Waals surface area contributed by atoms with Crippen molar-refractivity contribution in [1.82, 2.24) is 9.88 Å². The van der Waals surface area contributed by atoms with Crippen LogP contribution in [0.15, 0.2) is 53.9 Å². The molecule has 2 aromatic carbocycles. The number of anilines is 2. The lowest BCUT2D eigenvalue weighted by Crippen LogP contribution is -2.49. The van der Waals surface area contributed by atoms with E-state index in [1.165, 1.54) is 11.3 Å². The van der Waals surface area contributed by atoms with Crippen LogP contribution in [0.4, 0.5) is 10.8 Å². The summed E-state index contributed by atoms with van der Waals surface area (Å²) >= 11 is 13.4. The molecule has 3 aromatic rings. The molecule has 1 aliphatic heterocycles. The summed E-state index contributed by atoms with van der Waals surface area (Å²) in [7, 11) is 0. The Bertz CT molecular complexity index is 1100. The molecule has 1 aromatic heterocycles. The first-order valence-electron chi connectivity index (χ1n) is 10.2. The van der Waals surface area contributed by atoms with Crippen LogP contribution in [0, 0.1) is 0 Å². The summed E-state index contributed by atoms with van der Waals surface area (Å²) in [6.45, 7) is 2.71. The average Bonchev–Trinajstić information content (AvgIpc) is 3.22. The number of carbonyl (C=O) groups excluding carboxylic acids is 2. The normalized spacial score (nSPS) is 13.8. The minimum atomic E-state index is -0.123. The summed E-state index contributed by atoms with van der Waals surface area (Å²) in [4.78, 5) is 33.4. The van der Waals surface area contributed by atoms with Crippen molar-refractivity contribution < 1.29 is 9.59 Å².